The van der Waals surface area contributed by atoms with Gasteiger partial charge in [0.15, 0.2) is 0 Å². The summed E-state index contributed by atoms with van der Waals surface area (Å²) in [6, 6.07) is 5.87. The first kappa shape index (κ1) is 17.9. The summed E-state index contributed by atoms with van der Waals surface area (Å²) >= 11 is 4.84. The molecule has 0 radical (unpaired) electrons. The highest BCUT2D eigenvalue weighted by atomic mass is 79.9. The van der Waals surface area contributed by atoms with Gasteiger partial charge in [0.05, 0.1) is 5.75 Å². The maximum atomic E-state index is 12.7. The Labute approximate surface area is 145 Å². The zero-order valence-corrected chi connectivity index (χ0v) is 14.8. The lowest BCUT2D eigenvalue weighted by atomic mass is 10.2. The van der Waals surface area contributed by atoms with E-state index in [9.17, 15) is 13.6 Å². The van der Waals surface area contributed by atoms with Crippen molar-refractivity contribution in [2.45, 2.75) is 24.8 Å². The number of carbonyl (C=O) groups is 1. The fourth-order valence-corrected chi connectivity index (χ4v) is 3.31. The molecule has 0 spiro atoms. The van der Waals surface area contributed by atoms with E-state index in [1.165, 1.54) is 24.2 Å². The topological polar surface area (TPSA) is 46.9 Å². The molecule has 23 heavy (non-hydrogen) atoms. The SMILES string of the molecule is Cc1cc(Br)ccc1SCC(=O)NCCc1nccn1C(F)F. The number of rotatable bonds is 7. The van der Waals surface area contributed by atoms with Crippen LogP contribution in [0.1, 0.15) is 17.9 Å². The molecule has 0 unspecified atom stereocenters. The summed E-state index contributed by atoms with van der Waals surface area (Å²) in [7, 11) is 0. The van der Waals surface area contributed by atoms with Crippen molar-refractivity contribution in [3.05, 3.63) is 46.5 Å². The fraction of sp³-hybridized carbons (Fsp3) is 0.333. The van der Waals surface area contributed by atoms with Gasteiger partial charge in [-0.3, -0.25) is 9.36 Å². The van der Waals surface area contributed by atoms with E-state index in [1.54, 1.807) is 0 Å². The van der Waals surface area contributed by atoms with E-state index < -0.39 is 6.55 Å². The second-order valence-corrected chi connectivity index (χ2v) is 6.76. The summed E-state index contributed by atoms with van der Waals surface area (Å²) in [5.41, 5.74) is 1.09. The number of hydrogen-bond acceptors (Lipinski definition) is 3. The van der Waals surface area contributed by atoms with Gasteiger partial charge in [-0.1, -0.05) is 15.9 Å². The molecule has 0 saturated carbocycles. The molecular formula is C15H16BrF2N3OS. The lowest BCUT2D eigenvalue weighted by molar-refractivity contribution is -0.118. The van der Waals surface area contributed by atoms with Crippen LogP contribution in [-0.2, 0) is 11.2 Å². The van der Waals surface area contributed by atoms with Gasteiger partial charge in [-0.2, -0.15) is 8.78 Å². The fourth-order valence-electron chi connectivity index (χ4n) is 2.00. The number of aryl methyl sites for hydroxylation is 1. The summed E-state index contributed by atoms with van der Waals surface area (Å²) in [6.07, 6.45) is 2.83. The minimum Gasteiger partial charge on any atom is -0.355 e. The summed E-state index contributed by atoms with van der Waals surface area (Å²) in [5.74, 6) is 0.412. The smallest absolute Gasteiger partial charge is 0.319 e. The normalized spacial score (nSPS) is 11.0. The van der Waals surface area contributed by atoms with Gasteiger partial charge in [-0.05, 0) is 30.7 Å². The van der Waals surface area contributed by atoms with Gasteiger partial charge in [0.25, 0.3) is 0 Å². The number of hydrogen-bond donors (Lipinski definition) is 1. The molecule has 2 aromatic rings. The van der Waals surface area contributed by atoms with Crippen molar-refractivity contribution < 1.29 is 13.6 Å². The predicted octanol–water partition coefficient (Wildman–Crippen LogP) is 3.80. The average Bonchev–Trinajstić information content (AvgIpc) is 2.95. The molecule has 0 aliphatic heterocycles. The van der Waals surface area contributed by atoms with Crippen molar-refractivity contribution >= 4 is 33.6 Å². The van der Waals surface area contributed by atoms with Gasteiger partial charge < -0.3 is 5.32 Å². The number of nitrogens with one attached hydrogen (secondary N) is 1. The van der Waals surface area contributed by atoms with E-state index in [0.717, 1.165) is 19.5 Å². The number of alkyl halides is 2. The summed E-state index contributed by atoms with van der Waals surface area (Å²) in [6.45, 7) is -0.350. The Morgan fingerprint density at radius 3 is 2.96 bits per heavy atom. The summed E-state index contributed by atoms with van der Waals surface area (Å²) < 4.78 is 27.1. The number of aromatic nitrogens is 2. The van der Waals surface area contributed by atoms with Crippen LogP contribution < -0.4 is 5.32 Å². The van der Waals surface area contributed by atoms with Crippen LogP contribution in [0.3, 0.4) is 0 Å². The lowest BCUT2D eigenvalue weighted by Crippen LogP contribution is -2.28. The first-order valence-corrected chi connectivity index (χ1v) is 8.70. The first-order valence-electron chi connectivity index (χ1n) is 6.93. The van der Waals surface area contributed by atoms with Crippen molar-refractivity contribution in [1.29, 1.82) is 0 Å². The molecule has 0 bridgehead atoms. The van der Waals surface area contributed by atoms with E-state index in [-0.39, 0.29) is 30.5 Å². The zero-order valence-electron chi connectivity index (χ0n) is 12.4. The van der Waals surface area contributed by atoms with Crippen LogP contribution in [0.4, 0.5) is 8.78 Å². The van der Waals surface area contributed by atoms with Crippen LogP contribution in [0, 0.1) is 6.92 Å². The van der Waals surface area contributed by atoms with Gasteiger partial charge in [-0.25, -0.2) is 4.98 Å². The number of benzene rings is 1. The average molecular weight is 404 g/mol. The maximum absolute atomic E-state index is 12.7. The van der Waals surface area contributed by atoms with Crippen molar-refractivity contribution in [2.24, 2.45) is 0 Å². The third-order valence-electron chi connectivity index (χ3n) is 3.13. The van der Waals surface area contributed by atoms with E-state index in [4.69, 9.17) is 0 Å². The Kier molecular flexibility index (Phi) is 6.59. The minimum absolute atomic E-state index is 0.132. The van der Waals surface area contributed by atoms with E-state index in [1.807, 2.05) is 25.1 Å². The first-order chi connectivity index (χ1) is 11.0. The maximum Gasteiger partial charge on any atom is 0.319 e. The molecule has 1 aromatic carbocycles. The molecule has 1 heterocycles. The standard InChI is InChI=1S/C15H16BrF2N3OS/c1-10-8-11(16)2-3-12(10)23-9-14(22)20-5-4-13-19-6-7-21(13)15(17)18/h2-3,6-8,15H,4-5,9H2,1H3,(H,20,22). The minimum atomic E-state index is -2.61. The molecule has 0 fully saturated rings. The van der Waals surface area contributed by atoms with Crippen LogP contribution >= 0.6 is 27.7 Å². The highest BCUT2D eigenvalue weighted by Crippen LogP contribution is 2.25. The molecule has 2 rings (SSSR count). The third kappa shape index (κ3) is 5.31. The van der Waals surface area contributed by atoms with Crippen molar-refractivity contribution in [2.75, 3.05) is 12.3 Å². The largest absolute Gasteiger partial charge is 0.355 e. The van der Waals surface area contributed by atoms with Crippen molar-refractivity contribution in [3.8, 4) is 0 Å². The molecular weight excluding hydrogens is 388 g/mol. The van der Waals surface area contributed by atoms with E-state index >= 15 is 0 Å². The van der Waals surface area contributed by atoms with Gasteiger partial charge in [-0.15, -0.1) is 11.8 Å². The number of thioether (sulfide) groups is 1. The monoisotopic (exact) mass is 403 g/mol. The van der Waals surface area contributed by atoms with Gasteiger partial charge in [0.1, 0.15) is 5.82 Å². The van der Waals surface area contributed by atoms with E-state index in [0.29, 0.717) is 0 Å². The quantitative estimate of drug-likeness (QED) is 0.715. The number of amides is 1. The molecule has 0 atom stereocenters. The van der Waals surface area contributed by atoms with Crippen molar-refractivity contribution in [1.82, 2.24) is 14.9 Å². The highest BCUT2D eigenvalue weighted by Gasteiger charge is 2.11. The molecule has 0 saturated heterocycles. The molecule has 4 nitrogen and oxygen atoms in total. The lowest BCUT2D eigenvalue weighted by Gasteiger charge is -2.08. The Morgan fingerprint density at radius 1 is 1.48 bits per heavy atom. The highest BCUT2D eigenvalue weighted by molar-refractivity contribution is 9.10. The molecule has 1 amide bonds. The van der Waals surface area contributed by atoms with E-state index in [2.05, 4.69) is 26.2 Å². The van der Waals surface area contributed by atoms with Crippen molar-refractivity contribution in [3.63, 3.8) is 0 Å². The Hall–Kier alpha value is -1.41. The summed E-state index contributed by atoms with van der Waals surface area (Å²) in [4.78, 5) is 16.7. The molecule has 1 N–H and O–H groups in total. The Bertz CT molecular complexity index is 678. The number of imidazole rings is 1. The Morgan fingerprint density at radius 2 is 2.26 bits per heavy atom. The number of carbonyl (C=O) groups excluding carboxylic acids is 1. The van der Waals surface area contributed by atoms with Crippen LogP contribution in [-0.4, -0.2) is 27.8 Å². The molecule has 1 aromatic heterocycles. The van der Waals surface area contributed by atoms with Crippen LogP contribution in [0.5, 0.6) is 0 Å². The van der Waals surface area contributed by atoms with Gasteiger partial charge in [0, 0.05) is 34.7 Å². The number of halogens is 3. The van der Waals surface area contributed by atoms with Gasteiger partial charge >= 0.3 is 6.55 Å². The molecule has 8 heteroatoms. The van der Waals surface area contributed by atoms with Gasteiger partial charge in [0.2, 0.25) is 5.91 Å². The van der Waals surface area contributed by atoms with Crippen LogP contribution in [0.25, 0.3) is 0 Å². The second-order valence-electron chi connectivity index (χ2n) is 4.83. The zero-order chi connectivity index (χ0) is 16.8. The second kappa shape index (κ2) is 8.44. The van der Waals surface area contributed by atoms with Crippen LogP contribution in [0.15, 0.2) is 40.0 Å². The Balaban J connectivity index is 1.76. The molecule has 0 aliphatic rings. The summed E-state index contributed by atoms with van der Waals surface area (Å²) in [5, 5.41) is 2.72. The molecule has 0 aliphatic carbocycles. The number of nitrogens with zero attached hydrogens (tertiary/aromatic N) is 2. The molecule has 124 valence electrons. The predicted molar refractivity (Wildman–Crippen MR) is 89.8 cm³/mol. The third-order valence-corrected chi connectivity index (χ3v) is 4.79. The van der Waals surface area contributed by atoms with Crippen LogP contribution in [0.2, 0.25) is 0 Å².